The molecule has 0 fully saturated rings. The van der Waals surface area contributed by atoms with Crippen LogP contribution in [0.25, 0.3) is 12.2 Å². The van der Waals surface area contributed by atoms with E-state index in [0.717, 1.165) is 25.7 Å². The molecule has 2 atom stereocenters. The fourth-order valence-electron chi connectivity index (χ4n) is 5.10. The summed E-state index contributed by atoms with van der Waals surface area (Å²) in [5.41, 5.74) is 17.4. The molecule has 32 heavy (non-hydrogen) atoms. The summed E-state index contributed by atoms with van der Waals surface area (Å²) in [6.45, 7) is 0. The second-order valence-electron chi connectivity index (χ2n) is 9.40. The molecule has 0 bridgehead atoms. The fourth-order valence-corrected chi connectivity index (χ4v) is 5.10. The van der Waals surface area contributed by atoms with Crippen LogP contribution in [0.3, 0.4) is 0 Å². The van der Waals surface area contributed by atoms with E-state index in [9.17, 15) is 0 Å². The predicted octanol–water partition coefficient (Wildman–Crippen LogP) is 5.66. The van der Waals surface area contributed by atoms with E-state index >= 15 is 0 Å². The summed E-state index contributed by atoms with van der Waals surface area (Å²) in [5.74, 6) is 0. The minimum Gasteiger partial charge on any atom is -0.370 e. The van der Waals surface area contributed by atoms with Crippen molar-refractivity contribution in [1.82, 2.24) is 10.6 Å². The van der Waals surface area contributed by atoms with Gasteiger partial charge in [0.15, 0.2) is 0 Å². The van der Waals surface area contributed by atoms with Crippen molar-refractivity contribution in [2.45, 2.75) is 75.5 Å². The van der Waals surface area contributed by atoms with Gasteiger partial charge in [0.05, 0.1) is 0 Å². The van der Waals surface area contributed by atoms with E-state index in [2.05, 4.69) is 71.3 Å². The number of fused-ring (bicyclic) bond motifs is 2. The van der Waals surface area contributed by atoms with Gasteiger partial charge in [-0.1, -0.05) is 87.1 Å². The predicted molar refractivity (Wildman–Crippen MR) is 135 cm³/mol. The summed E-state index contributed by atoms with van der Waals surface area (Å²) >= 11 is 0. The maximum absolute atomic E-state index is 6.69. The Morgan fingerprint density at radius 3 is 1.34 bits per heavy atom. The molecule has 2 aliphatic heterocycles. The minimum atomic E-state index is -0.426. The quantitative estimate of drug-likeness (QED) is 0.347. The van der Waals surface area contributed by atoms with Gasteiger partial charge in [-0.05, 0) is 72.5 Å². The maximum atomic E-state index is 6.69. The molecule has 0 saturated carbocycles. The standard InChI is InChI=1S/C28H38N4/c29-27(25-15-9-7-13-23(25)17-21-31-27)19-11-5-3-1-2-4-6-12-20-28(30)26-16-10-8-14-24(26)18-22-32-28/h7-10,13-18,21-22,31-32H,1-6,11-12,19-20,29-30H2. The number of nitrogens with one attached hydrogen (secondary N) is 2. The van der Waals surface area contributed by atoms with Crippen LogP contribution in [0.5, 0.6) is 0 Å². The highest BCUT2D eigenvalue weighted by Gasteiger charge is 2.30. The lowest BCUT2D eigenvalue weighted by atomic mass is 9.88. The molecule has 2 aromatic carbocycles. The summed E-state index contributed by atoms with van der Waals surface area (Å²) < 4.78 is 0. The van der Waals surface area contributed by atoms with Crippen LogP contribution in [0.2, 0.25) is 0 Å². The monoisotopic (exact) mass is 430 g/mol. The Hall–Kier alpha value is -2.56. The molecule has 0 radical (unpaired) electrons. The Morgan fingerprint density at radius 1 is 0.531 bits per heavy atom. The molecule has 0 amide bonds. The van der Waals surface area contributed by atoms with Crippen molar-refractivity contribution in [3.05, 3.63) is 83.2 Å². The summed E-state index contributed by atoms with van der Waals surface area (Å²) in [6, 6.07) is 16.9. The largest absolute Gasteiger partial charge is 0.370 e. The van der Waals surface area contributed by atoms with Gasteiger partial charge in [-0.25, -0.2) is 0 Å². The second-order valence-corrected chi connectivity index (χ2v) is 9.40. The summed E-state index contributed by atoms with van der Waals surface area (Å²) in [7, 11) is 0. The molecular weight excluding hydrogens is 392 g/mol. The molecule has 4 nitrogen and oxygen atoms in total. The summed E-state index contributed by atoms with van der Waals surface area (Å²) in [4.78, 5) is 0. The molecule has 2 aromatic rings. The number of unbranched alkanes of at least 4 members (excludes halogenated alkanes) is 7. The number of rotatable bonds is 11. The Morgan fingerprint density at radius 2 is 0.906 bits per heavy atom. The van der Waals surface area contributed by atoms with Crippen molar-refractivity contribution in [3.8, 4) is 0 Å². The molecule has 170 valence electrons. The third kappa shape index (κ3) is 5.25. The van der Waals surface area contributed by atoms with Crippen molar-refractivity contribution >= 4 is 12.2 Å². The zero-order valence-corrected chi connectivity index (χ0v) is 19.2. The number of hydrogen-bond donors (Lipinski definition) is 4. The van der Waals surface area contributed by atoms with Crippen molar-refractivity contribution in [3.63, 3.8) is 0 Å². The summed E-state index contributed by atoms with van der Waals surface area (Å²) in [6.07, 6.45) is 20.1. The first-order valence-electron chi connectivity index (χ1n) is 12.3. The molecule has 0 aromatic heterocycles. The highest BCUT2D eigenvalue weighted by molar-refractivity contribution is 5.59. The van der Waals surface area contributed by atoms with Crippen LogP contribution in [0, 0.1) is 0 Å². The zero-order valence-electron chi connectivity index (χ0n) is 19.2. The molecule has 2 aliphatic rings. The van der Waals surface area contributed by atoms with Crippen LogP contribution < -0.4 is 22.1 Å². The van der Waals surface area contributed by atoms with E-state index in [1.165, 1.54) is 60.8 Å². The second kappa shape index (κ2) is 10.4. The van der Waals surface area contributed by atoms with Gasteiger partial charge in [0, 0.05) is 0 Å². The van der Waals surface area contributed by atoms with E-state index in [1.54, 1.807) is 0 Å². The Labute approximate surface area is 193 Å². The van der Waals surface area contributed by atoms with Crippen molar-refractivity contribution < 1.29 is 0 Å². The molecule has 2 heterocycles. The molecular formula is C28H38N4. The number of hydrogen-bond acceptors (Lipinski definition) is 4. The van der Waals surface area contributed by atoms with Gasteiger partial charge >= 0.3 is 0 Å². The lowest BCUT2D eigenvalue weighted by Gasteiger charge is -2.34. The first kappa shape index (κ1) is 22.6. The van der Waals surface area contributed by atoms with E-state index < -0.39 is 11.3 Å². The first-order valence-corrected chi connectivity index (χ1v) is 12.3. The van der Waals surface area contributed by atoms with Gasteiger partial charge in [0.2, 0.25) is 0 Å². The smallest absolute Gasteiger partial charge is 0.112 e. The fraction of sp³-hybridized carbons (Fsp3) is 0.429. The highest BCUT2D eigenvalue weighted by Crippen LogP contribution is 2.30. The summed E-state index contributed by atoms with van der Waals surface area (Å²) in [5, 5.41) is 6.78. The Balaban J connectivity index is 1.08. The third-order valence-electron chi connectivity index (χ3n) is 6.98. The van der Waals surface area contributed by atoms with E-state index in [0.29, 0.717) is 0 Å². The van der Waals surface area contributed by atoms with Gasteiger partial charge in [-0.3, -0.25) is 0 Å². The van der Waals surface area contributed by atoms with Gasteiger partial charge in [0.25, 0.3) is 0 Å². The average Bonchev–Trinajstić information content (AvgIpc) is 2.81. The van der Waals surface area contributed by atoms with Crippen molar-refractivity contribution in [2.75, 3.05) is 0 Å². The molecule has 4 heteroatoms. The van der Waals surface area contributed by atoms with Crippen LogP contribution >= 0.6 is 0 Å². The minimum absolute atomic E-state index is 0.426. The van der Waals surface area contributed by atoms with Gasteiger partial charge < -0.3 is 22.1 Å². The normalized spacial score (nSPS) is 23.2. The zero-order chi connectivity index (χ0) is 22.3. The van der Waals surface area contributed by atoms with Crippen LogP contribution in [0.4, 0.5) is 0 Å². The Kier molecular flexibility index (Phi) is 7.33. The maximum Gasteiger partial charge on any atom is 0.112 e. The molecule has 6 N–H and O–H groups in total. The topological polar surface area (TPSA) is 76.1 Å². The number of benzene rings is 2. The van der Waals surface area contributed by atoms with Crippen molar-refractivity contribution in [2.24, 2.45) is 11.5 Å². The van der Waals surface area contributed by atoms with E-state index in [1.807, 2.05) is 12.4 Å². The van der Waals surface area contributed by atoms with Gasteiger partial charge in [-0.15, -0.1) is 0 Å². The average molecular weight is 431 g/mol. The highest BCUT2D eigenvalue weighted by atomic mass is 15.1. The first-order chi connectivity index (χ1) is 15.6. The van der Waals surface area contributed by atoms with Gasteiger partial charge in [-0.2, -0.15) is 0 Å². The van der Waals surface area contributed by atoms with Crippen LogP contribution in [0.1, 0.15) is 86.5 Å². The van der Waals surface area contributed by atoms with E-state index in [-0.39, 0.29) is 0 Å². The molecule has 2 unspecified atom stereocenters. The van der Waals surface area contributed by atoms with Crippen LogP contribution in [0.15, 0.2) is 60.9 Å². The number of nitrogens with two attached hydrogens (primary N) is 2. The van der Waals surface area contributed by atoms with Crippen LogP contribution in [-0.4, -0.2) is 0 Å². The Bertz CT molecular complexity index is 872. The molecule has 0 saturated heterocycles. The van der Waals surface area contributed by atoms with Crippen molar-refractivity contribution in [1.29, 1.82) is 0 Å². The lowest BCUT2D eigenvalue weighted by Crippen LogP contribution is -2.49. The molecule has 4 rings (SSSR count). The van der Waals surface area contributed by atoms with Crippen LogP contribution in [-0.2, 0) is 11.3 Å². The van der Waals surface area contributed by atoms with E-state index in [4.69, 9.17) is 11.5 Å². The SMILES string of the molecule is NC1(CCCCCCCCCCC2(N)NC=Cc3ccccc32)NC=Cc2ccccc21. The van der Waals surface area contributed by atoms with Gasteiger partial charge in [0.1, 0.15) is 11.3 Å². The molecule has 0 spiro atoms. The molecule has 0 aliphatic carbocycles. The lowest BCUT2D eigenvalue weighted by molar-refractivity contribution is 0.337. The third-order valence-corrected chi connectivity index (χ3v) is 6.98.